The largest absolute Gasteiger partial charge is 0.371 e. The van der Waals surface area contributed by atoms with Crippen LogP contribution in [0.4, 0.5) is 5.69 Å². The number of hydrogen-bond donors (Lipinski definition) is 1. The Kier molecular flexibility index (Phi) is 3.74. The molecule has 2 heterocycles. The van der Waals surface area contributed by atoms with Crippen molar-refractivity contribution >= 4 is 27.1 Å². The molecule has 20 heavy (non-hydrogen) atoms. The van der Waals surface area contributed by atoms with E-state index in [2.05, 4.69) is 60.6 Å². The SMILES string of the molecule is CC(C)(C)NCC1CCN(c2ccc3sccc3c2)C1. The topological polar surface area (TPSA) is 15.3 Å². The van der Waals surface area contributed by atoms with Gasteiger partial charge >= 0.3 is 0 Å². The zero-order valence-electron chi connectivity index (χ0n) is 12.6. The van der Waals surface area contributed by atoms with E-state index in [1.165, 1.54) is 35.3 Å². The maximum absolute atomic E-state index is 3.64. The van der Waals surface area contributed by atoms with Crippen molar-refractivity contribution in [3.8, 4) is 0 Å². The first-order chi connectivity index (χ1) is 9.51. The van der Waals surface area contributed by atoms with Crippen LogP contribution in [-0.2, 0) is 0 Å². The molecule has 3 rings (SSSR count). The third-order valence-corrected chi connectivity index (χ3v) is 4.91. The highest BCUT2D eigenvalue weighted by Crippen LogP contribution is 2.29. The average Bonchev–Trinajstić information content (AvgIpc) is 3.03. The first kappa shape index (κ1) is 13.9. The molecule has 0 bridgehead atoms. The monoisotopic (exact) mass is 288 g/mol. The van der Waals surface area contributed by atoms with Gasteiger partial charge in [0.05, 0.1) is 0 Å². The minimum Gasteiger partial charge on any atom is -0.371 e. The Morgan fingerprint density at radius 3 is 2.95 bits per heavy atom. The van der Waals surface area contributed by atoms with Gasteiger partial charge in [-0.15, -0.1) is 11.3 Å². The van der Waals surface area contributed by atoms with Crippen molar-refractivity contribution in [3.63, 3.8) is 0 Å². The van der Waals surface area contributed by atoms with Crippen molar-refractivity contribution < 1.29 is 0 Å². The molecule has 1 saturated heterocycles. The molecule has 1 atom stereocenters. The molecular weight excluding hydrogens is 264 g/mol. The smallest absolute Gasteiger partial charge is 0.0373 e. The molecule has 108 valence electrons. The summed E-state index contributed by atoms with van der Waals surface area (Å²) in [7, 11) is 0. The Bertz CT molecular complexity index is 582. The summed E-state index contributed by atoms with van der Waals surface area (Å²) in [6.07, 6.45) is 1.30. The Morgan fingerprint density at radius 1 is 1.30 bits per heavy atom. The van der Waals surface area contributed by atoms with E-state index >= 15 is 0 Å². The Labute approximate surface area is 125 Å². The Morgan fingerprint density at radius 2 is 2.15 bits per heavy atom. The summed E-state index contributed by atoms with van der Waals surface area (Å²) in [5, 5.41) is 7.19. The standard InChI is InChI=1S/C17H24N2S/c1-17(2,3)18-11-13-6-8-19(12-13)15-4-5-16-14(10-15)7-9-20-16/h4-5,7,9-10,13,18H,6,8,11-12H2,1-3H3. The van der Waals surface area contributed by atoms with Crippen LogP contribution in [0, 0.1) is 5.92 Å². The minimum absolute atomic E-state index is 0.225. The number of nitrogens with zero attached hydrogens (tertiary/aromatic N) is 1. The van der Waals surface area contributed by atoms with E-state index in [1.54, 1.807) is 0 Å². The van der Waals surface area contributed by atoms with E-state index in [0.29, 0.717) is 0 Å². The molecule has 0 saturated carbocycles. The molecular formula is C17H24N2S. The summed E-state index contributed by atoms with van der Waals surface area (Å²) < 4.78 is 1.39. The van der Waals surface area contributed by atoms with Crippen LogP contribution in [0.25, 0.3) is 10.1 Å². The number of benzene rings is 1. The average molecular weight is 288 g/mol. The molecule has 2 aromatic rings. The molecule has 1 aromatic carbocycles. The number of hydrogen-bond acceptors (Lipinski definition) is 3. The zero-order chi connectivity index (χ0) is 14.2. The Balaban J connectivity index is 1.64. The predicted octanol–water partition coefficient (Wildman–Crippen LogP) is 4.12. The van der Waals surface area contributed by atoms with Gasteiger partial charge < -0.3 is 10.2 Å². The number of nitrogens with one attached hydrogen (secondary N) is 1. The van der Waals surface area contributed by atoms with Crippen LogP contribution in [0.15, 0.2) is 29.6 Å². The van der Waals surface area contributed by atoms with Gasteiger partial charge in [0.2, 0.25) is 0 Å². The van der Waals surface area contributed by atoms with Crippen LogP contribution in [0.5, 0.6) is 0 Å². The molecule has 1 fully saturated rings. The highest BCUT2D eigenvalue weighted by atomic mass is 32.1. The molecule has 1 aliphatic rings. The number of thiophene rings is 1. The lowest BCUT2D eigenvalue weighted by molar-refractivity contribution is 0.383. The summed E-state index contributed by atoms with van der Waals surface area (Å²) in [5.74, 6) is 0.771. The van der Waals surface area contributed by atoms with Crippen molar-refractivity contribution in [1.82, 2.24) is 5.32 Å². The molecule has 1 aliphatic heterocycles. The van der Waals surface area contributed by atoms with Gasteiger partial charge in [-0.3, -0.25) is 0 Å². The Hall–Kier alpha value is -1.06. The van der Waals surface area contributed by atoms with Gasteiger partial charge in [-0.2, -0.15) is 0 Å². The molecule has 3 heteroatoms. The summed E-state index contributed by atoms with van der Waals surface area (Å²) in [5.41, 5.74) is 1.61. The van der Waals surface area contributed by atoms with Crippen LogP contribution in [-0.4, -0.2) is 25.2 Å². The number of rotatable bonds is 3. The quantitative estimate of drug-likeness (QED) is 0.914. The molecule has 0 aliphatic carbocycles. The lowest BCUT2D eigenvalue weighted by Crippen LogP contribution is -2.39. The molecule has 2 nitrogen and oxygen atoms in total. The highest BCUT2D eigenvalue weighted by Gasteiger charge is 2.24. The minimum atomic E-state index is 0.225. The van der Waals surface area contributed by atoms with Crippen molar-refractivity contribution in [2.45, 2.75) is 32.7 Å². The van der Waals surface area contributed by atoms with Crippen LogP contribution in [0.2, 0.25) is 0 Å². The van der Waals surface area contributed by atoms with E-state index in [0.717, 1.165) is 12.5 Å². The van der Waals surface area contributed by atoms with Crippen LogP contribution < -0.4 is 10.2 Å². The second kappa shape index (κ2) is 5.38. The van der Waals surface area contributed by atoms with E-state index in [1.807, 2.05) is 11.3 Å². The fourth-order valence-electron chi connectivity index (χ4n) is 2.84. The second-order valence-corrected chi connectivity index (χ2v) is 7.82. The lowest BCUT2D eigenvalue weighted by Gasteiger charge is -2.24. The van der Waals surface area contributed by atoms with Gasteiger partial charge in [0.15, 0.2) is 0 Å². The van der Waals surface area contributed by atoms with Gasteiger partial charge in [-0.1, -0.05) is 0 Å². The van der Waals surface area contributed by atoms with E-state index < -0.39 is 0 Å². The molecule has 1 aromatic heterocycles. The highest BCUT2D eigenvalue weighted by molar-refractivity contribution is 7.17. The van der Waals surface area contributed by atoms with Crippen LogP contribution in [0.3, 0.4) is 0 Å². The molecule has 0 radical (unpaired) electrons. The third kappa shape index (κ3) is 3.15. The summed E-state index contributed by atoms with van der Waals surface area (Å²) in [4.78, 5) is 2.53. The van der Waals surface area contributed by atoms with E-state index in [-0.39, 0.29) is 5.54 Å². The van der Waals surface area contributed by atoms with Crippen molar-refractivity contribution in [1.29, 1.82) is 0 Å². The maximum atomic E-state index is 3.64. The summed E-state index contributed by atoms with van der Waals surface area (Å²) >= 11 is 1.82. The van der Waals surface area contributed by atoms with Crippen LogP contribution >= 0.6 is 11.3 Å². The van der Waals surface area contributed by atoms with Gasteiger partial charge in [-0.25, -0.2) is 0 Å². The maximum Gasteiger partial charge on any atom is 0.0373 e. The third-order valence-electron chi connectivity index (χ3n) is 4.01. The first-order valence-electron chi connectivity index (χ1n) is 7.48. The van der Waals surface area contributed by atoms with E-state index in [4.69, 9.17) is 0 Å². The zero-order valence-corrected chi connectivity index (χ0v) is 13.5. The van der Waals surface area contributed by atoms with E-state index in [9.17, 15) is 0 Å². The van der Waals surface area contributed by atoms with Crippen molar-refractivity contribution in [2.24, 2.45) is 5.92 Å². The van der Waals surface area contributed by atoms with Crippen molar-refractivity contribution in [3.05, 3.63) is 29.6 Å². The number of anilines is 1. The predicted molar refractivity (Wildman–Crippen MR) is 89.9 cm³/mol. The lowest BCUT2D eigenvalue weighted by atomic mass is 10.1. The van der Waals surface area contributed by atoms with Gasteiger partial charge in [-0.05, 0) is 68.1 Å². The molecule has 0 spiro atoms. The fourth-order valence-corrected chi connectivity index (χ4v) is 3.61. The van der Waals surface area contributed by atoms with Crippen LogP contribution in [0.1, 0.15) is 27.2 Å². The second-order valence-electron chi connectivity index (χ2n) is 6.87. The molecule has 1 unspecified atom stereocenters. The summed E-state index contributed by atoms with van der Waals surface area (Å²) in [6, 6.07) is 9.10. The van der Waals surface area contributed by atoms with Gasteiger partial charge in [0.1, 0.15) is 0 Å². The molecule has 1 N–H and O–H groups in total. The van der Waals surface area contributed by atoms with Crippen molar-refractivity contribution in [2.75, 3.05) is 24.5 Å². The van der Waals surface area contributed by atoms with Gasteiger partial charge in [0, 0.05) is 35.6 Å². The molecule has 0 amide bonds. The fraction of sp³-hybridized carbons (Fsp3) is 0.529. The summed E-state index contributed by atoms with van der Waals surface area (Å²) in [6.45, 7) is 10.2. The normalized spacial score (nSPS) is 19.9. The first-order valence-corrected chi connectivity index (χ1v) is 8.36. The number of fused-ring (bicyclic) bond motifs is 1. The van der Waals surface area contributed by atoms with Gasteiger partial charge in [0.25, 0.3) is 0 Å².